The molecule has 1 atom stereocenters. The second-order valence-electron chi connectivity index (χ2n) is 7.37. The fourth-order valence-corrected chi connectivity index (χ4v) is 3.78. The van der Waals surface area contributed by atoms with Crippen LogP contribution in [0.2, 0.25) is 0 Å². The van der Waals surface area contributed by atoms with Gasteiger partial charge in [-0.15, -0.1) is 0 Å². The Kier molecular flexibility index (Phi) is 5.01. The van der Waals surface area contributed by atoms with E-state index in [1.165, 1.54) is 0 Å². The molecule has 6 nitrogen and oxygen atoms in total. The number of aryl methyl sites for hydroxylation is 1. The molecule has 1 saturated carbocycles. The van der Waals surface area contributed by atoms with Crippen LogP contribution in [0.4, 0.5) is 0 Å². The van der Waals surface area contributed by atoms with Gasteiger partial charge in [-0.25, -0.2) is 4.98 Å². The number of aromatic nitrogens is 2. The van der Waals surface area contributed by atoms with Crippen LogP contribution >= 0.6 is 0 Å². The lowest BCUT2D eigenvalue weighted by Crippen LogP contribution is -2.38. The second kappa shape index (κ2) is 7.62. The lowest BCUT2D eigenvalue weighted by atomic mass is 9.94. The van der Waals surface area contributed by atoms with Gasteiger partial charge >= 0.3 is 0 Å². The summed E-state index contributed by atoms with van der Waals surface area (Å²) in [6.07, 6.45) is 5.31. The van der Waals surface area contributed by atoms with Crippen molar-refractivity contribution in [2.24, 2.45) is 7.05 Å². The third-order valence-corrected chi connectivity index (χ3v) is 5.64. The van der Waals surface area contributed by atoms with Gasteiger partial charge in [0.25, 0.3) is 0 Å². The highest BCUT2D eigenvalue weighted by atomic mass is 16.5. The molecule has 2 aromatic carbocycles. The Balaban J connectivity index is 1.70. The van der Waals surface area contributed by atoms with Crippen LogP contribution in [0.15, 0.2) is 60.9 Å². The average molecular weight is 391 g/mol. The van der Waals surface area contributed by atoms with Crippen molar-refractivity contribution in [2.45, 2.75) is 24.3 Å². The molecule has 1 fully saturated rings. The SMILES string of the molecule is COc1ccc(C(NC(=O)C2(c3ccccc3)CC2)c2nccn2C)cc1OC. The summed E-state index contributed by atoms with van der Waals surface area (Å²) in [6.45, 7) is 0. The fourth-order valence-electron chi connectivity index (χ4n) is 3.78. The molecule has 0 bridgehead atoms. The maximum absolute atomic E-state index is 13.4. The van der Waals surface area contributed by atoms with Crippen molar-refractivity contribution in [1.29, 1.82) is 0 Å². The van der Waals surface area contributed by atoms with Gasteiger partial charge in [-0.2, -0.15) is 0 Å². The first-order valence-corrected chi connectivity index (χ1v) is 9.64. The van der Waals surface area contributed by atoms with Gasteiger partial charge < -0.3 is 19.4 Å². The maximum Gasteiger partial charge on any atom is 0.231 e. The molecule has 29 heavy (non-hydrogen) atoms. The maximum atomic E-state index is 13.4. The summed E-state index contributed by atoms with van der Waals surface area (Å²) in [7, 11) is 5.13. The van der Waals surface area contributed by atoms with Crippen molar-refractivity contribution in [2.75, 3.05) is 14.2 Å². The Morgan fingerprint density at radius 2 is 1.83 bits per heavy atom. The van der Waals surface area contributed by atoms with Crippen LogP contribution in [0.25, 0.3) is 0 Å². The Morgan fingerprint density at radius 1 is 1.10 bits per heavy atom. The molecule has 0 saturated heterocycles. The van der Waals surface area contributed by atoms with Gasteiger partial charge in [0, 0.05) is 19.4 Å². The van der Waals surface area contributed by atoms with Crippen molar-refractivity contribution < 1.29 is 14.3 Å². The van der Waals surface area contributed by atoms with Crippen LogP contribution in [0.3, 0.4) is 0 Å². The number of nitrogens with one attached hydrogen (secondary N) is 1. The number of ether oxygens (including phenoxy) is 2. The number of rotatable bonds is 7. The molecule has 1 heterocycles. The van der Waals surface area contributed by atoms with E-state index < -0.39 is 11.5 Å². The van der Waals surface area contributed by atoms with Crippen LogP contribution in [0.5, 0.6) is 11.5 Å². The Labute approximate surface area is 170 Å². The summed E-state index contributed by atoms with van der Waals surface area (Å²) in [6, 6.07) is 15.3. The molecule has 1 unspecified atom stereocenters. The van der Waals surface area contributed by atoms with E-state index >= 15 is 0 Å². The highest BCUT2D eigenvalue weighted by Gasteiger charge is 2.51. The van der Waals surface area contributed by atoms with Crippen molar-refractivity contribution in [3.63, 3.8) is 0 Å². The lowest BCUT2D eigenvalue weighted by Gasteiger charge is -2.24. The predicted octanol–water partition coefficient (Wildman–Crippen LogP) is 3.37. The van der Waals surface area contributed by atoms with Crippen molar-refractivity contribution >= 4 is 5.91 Å². The number of hydrogen-bond acceptors (Lipinski definition) is 4. The third kappa shape index (κ3) is 3.46. The van der Waals surface area contributed by atoms with E-state index in [1.54, 1.807) is 20.4 Å². The predicted molar refractivity (Wildman–Crippen MR) is 110 cm³/mol. The number of imidazole rings is 1. The second-order valence-corrected chi connectivity index (χ2v) is 7.37. The molecular formula is C23H25N3O3. The normalized spacial score (nSPS) is 15.4. The molecule has 6 heteroatoms. The quantitative estimate of drug-likeness (QED) is 0.671. The number of carbonyl (C=O) groups is 1. The monoisotopic (exact) mass is 391 g/mol. The van der Waals surface area contributed by atoms with E-state index in [1.807, 2.05) is 66.3 Å². The molecule has 0 spiro atoms. The summed E-state index contributed by atoms with van der Waals surface area (Å²) in [5.41, 5.74) is 1.49. The molecule has 4 rings (SSSR count). The van der Waals surface area contributed by atoms with Gasteiger partial charge in [-0.05, 0) is 36.1 Å². The smallest absolute Gasteiger partial charge is 0.231 e. The van der Waals surface area contributed by atoms with Crippen LogP contribution in [-0.2, 0) is 17.3 Å². The molecule has 1 aliphatic rings. The largest absolute Gasteiger partial charge is 0.493 e. The van der Waals surface area contributed by atoms with Crippen molar-refractivity contribution in [3.05, 3.63) is 77.9 Å². The van der Waals surface area contributed by atoms with Crippen LogP contribution in [-0.4, -0.2) is 29.7 Å². The molecule has 3 aromatic rings. The van der Waals surface area contributed by atoms with Gasteiger partial charge in [-0.1, -0.05) is 36.4 Å². The molecule has 1 amide bonds. The number of nitrogens with zero attached hydrogens (tertiary/aromatic N) is 2. The zero-order valence-corrected chi connectivity index (χ0v) is 16.9. The summed E-state index contributed by atoms with van der Waals surface area (Å²) < 4.78 is 12.7. The summed E-state index contributed by atoms with van der Waals surface area (Å²) >= 11 is 0. The van der Waals surface area contributed by atoms with Crippen LogP contribution < -0.4 is 14.8 Å². The molecule has 0 aliphatic heterocycles. The Morgan fingerprint density at radius 3 is 2.41 bits per heavy atom. The molecule has 0 radical (unpaired) electrons. The van der Waals surface area contributed by atoms with Gasteiger partial charge in [0.2, 0.25) is 5.91 Å². The number of carbonyl (C=O) groups excluding carboxylic acids is 1. The number of benzene rings is 2. The van der Waals surface area contributed by atoms with Crippen molar-refractivity contribution in [3.8, 4) is 11.5 Å². The molecule has 1 aromatic heterocycles. The van der Waals surface area contributed by atoms with Gasteiger partial charge in [0.05, 0.1) is 19.6 Å². The topological polar surface area (TPSA) is 65.4 Å². The van der Waals surface area contributed by atoms with Crippen molar-refractivity contribution in [1.82, 2.24) is 14.9 Å². The minimum Gasteiger partial charge on any atom is -0.493 e. The zero-order valence-electron chi connectivity index (χ0n) is 16.9. The molecule has 1 N–H and O–H groups in total. The van der Waals surface area contributed by atoms with E-state index in [0.29, 0.717) is 11.5 Å². The lowest BCUT2D eigenvalue weighted by molar-refractivity contribution is -0.124. The van der Waals surface area contributed by atoms with Gasteiger partial charge in [-0.3, -0.25) is 4.79 Å². The number of hydrogen-bond donors (Lipinski definition) is 1. The standard InChI is InChI=1S/C23H25N3O3/c1-26-14-13-24-21(26)20(16-9-10-18(28-2)19(15-16)29-3)25-22(27)23(11-12-23)17-7-5-4-6-8-17/h4-10,13-15,20H,11-12H2,1-3H3,(H,25,27). The van der Waals surface area contributed by atoms with Crippen LogP contribution in [0, 0.1) is 0 Å². The number of methoxy groups -OCH3 is 2. The Hall–Kier alpha value is -3.28. The molecular weight excluding hydrogens is 366 g/mol. The van der Waals surface area contributed by atoms with E-state index in [0.717, 1.165) is 29.8 Å². The first-order valence-electron chi connectivity index (χ1n) is 9.64. The van der Waals surface area contributed by atoms with E-state index in [4.69, 9.17) is 9.47 Å². The summed E-state index contributed by atoms with van der Waals surface area (Å²) in [5, 5.41) is 3.25. The third-order valence-electron chi connectivity index (χ3n) is 5.64. The highest BCUT2D eigenvalue weighted by Crippen LogP contribution is 2.49. The average Bonchev–Trinajstić information content (AvgIpc) is 3.48. The first kappa shape index (κ1) is 19.1. The zero-order chi connectivity index (χ0) is 20.4. The number of amides is 1. The van der Waals surface area contributed by atoms with E-state index in [9.17, 15) is 4.79 Å². The summed E-state index contributed by atoms with van der Waals surface area (Å²) in [4.78, 5) is 17.9. The van der Waals surface area contributed by atoms with Crippen LogP contribution in [0.1, 0.15) is 35.8 Å². The minimum absolute atomic E-state index is 0.0199. The van der Waals surface area contributed by atoms with E-state index in [2.05, 4.69) is 10.3 Å². The van der Waals surface area contributed by atoms with Gasteiger partial charge in [0.1, 0.15) is 11.9 Å². The first-order chi connectivity index (χ1) is 14.1. The Bertz CT molecular complexity index is 1010. The fraction of sp³-hybridized carbons (Fsp3) is 0.304. The summed E-state index contributed by atoms with van der Waals surface area (Å²) in [5.74, 6) is 2.03. The molecule has 150 valence electrons. The molecule has 1 aliphatic carbocycles. The van der Waals surface area contributed by atoms with Gasteiger partial charge in [0.15, 0.2) is 11.5 Å². The highest BCUT2D eigenvalue weighted by molar-refractivity contribution is 5.91. The van der Waals surface area contributed by atoms with E-state index in [-0.39, 0.29) is 5.91 Å². The minimum atomic E-state index is -0.457.